The van der Waals surface area contributed by atoms with Crippen LogP contribution in [-0.2, 0) is 0 Å². The van der Waals surface area contributed by atoms with Crippen molar-refractivity contribution in [2.45, 2.75) is 48.4 Å². The highest BCUT2D eigenvalue weighted by atomic mass is 19.4. The molecule has 0 aliphatic rings. The highest BCUT2D eigenvalue weighted by Gasteiger charge is 2.85. The summed E-state index contributed by atoms with van der Waals surface area (Å²) in [6.07, 6.45) is -31.8. The predicted molar refractivity (Wildman–Crippen MR) is 51.0 cm³/mol. The minimum atomic E-state index is -8.62. The average Bonchev–Trinajstić information content (AvgIpc) is 2.38. The van der Waals surface area contributed by atoms with Gasteiger partial charge in [-0.3, -0.25) is 0 Å². The van der Waals surface area contributed by atoms with Gasteiger partial charge in [0.2, 0.25) is 0 Å². The number of halogens is 20. The predicted octanol–water partition coefficient (Wildman–Crippen LogP) is 7.07. The number of allylic oxidation sites excluding steroid dienone is 2. The van der Waals surface area contributed by atoms with Crippen molar-refractivity contribution in [3.63, 3.8) is 0 Å². The van der Waals surface area contributed by atoms with Gasteiger partial charge in [0, 0.05) is 0 Å². The summed E-state index contributed by atoms with van der Waals surface area (Å²) in [5.74, 6) is -33.7. The molecule has 0 aliphatic heterocycles. The molecule has 0 unspecified atom stereocenters. The third-order valence-corrected chi connectivity index (χ3v) is 2.95. The molecule has 180 valence electrons. The van der Waals surface area contributed by atoms with Crippen LogP contribution < -0.4 is 0 Å². The highest BCUT2D eigenvalue weighted by Crippen LogP contribution is 2.61. The maximum Gasteiger partial charge on any atom is 0.460 e. The first kappa shape index (κ1) is 28.3. The number of hydrogen-bond acceptors (Lipinski definition) is 0. The van der Waals surface area contributed by atoms with Crippen LogP contribution in [0.1, 0.15) is 0 Å². The Bertz CT molecular complexity index is 660. The molecule has 0 N–H and O–H groups in total. The van der Waals surface area contributed by atoms with E-state index < -0.39 is 59.5 Å². The third-order valence-electron chi connectivity index (χ3n) is 2.95. The SMILES string of the molecule is FC(F)(F)C(=C(C(F)(F)F)C(F)(F)C(F)(F)C(F)(F)C(F)(F)F)C(F)(F)C(F)(F)F. The summed E-state index contributed by atoms with van der Waals surface area (Å²) in [6, 6.07) is 0. The summed E-state index contributed by atoms with van der Waals surface area (Å²) < 4.78 is 251. The first-order chi connectivity index (χ1) is 12.5. The highest BCUT2D eigenvalue weighted by molar-refractivity contribution is 5.38. The summed E-state index contributed by atoms with van der Waals surface area (Å²) >= 11 is 0. The molecule has 0 rings (SSSR count). The number of alkyl halides is 20. The molecule has 20 heteroatoms. The van der Waals surface area contributed by atoms with Gasteiger partial charge < -0.3 is 0 Å². The van der Waals surface area contributed by atoms with Gasteiger partial charge in [-0.1, -0.05) is 0 Å². The molecule has 30 heavy (non-hydrogen) atoms. The average molecular weight is 500 g/mol. The van der Waals surface area contributed by atoms with Crippen molar-refractivity contribution in [3.8, 4) is 0 Å². The summed E-state index contributed by atoms with van der Waals surface area (Å²) in [5, 5.41) is 0. The third kappa shape index (κ3) is 4.35. The van der Waals surface area contributed by atoms with E-state index in [1.807, 2.05) is 0 Å². The van der Waals surface area contributed by atoms with E-state index in [0.717, 1.165) is 0 Å². The lowest BCUT2D eigenvalue weighted by Gasteiger charge is -2.37. The Kier molecular flexibility index (Phi) is 6.54. The Labute approximate surface area is 149 Å². The van der Waals surface area contributed by atoms with Gasteiger partial charge in [0.15, 0.2) is 0 Å². The van der Waals surface area contributed by atoms with Crippen LogP contribution in [0.4, 0.5) is 87.8 Å². The van der Waals surface area contributed by atoms with E-state index in [1.165, 1.54) is 0 Å². The van der Waals surface area contributed by atoms with E-state index in [-0.39, 0.29) is 0 Å². The lowest BCUT2D eigenvalue weighted by Crippen LogP contribution is -2.63. The minimum absolute atomic E-state index is 5.86. The maximum absolute atomic E-state index is 13.4. The van der Waals surface area contributed by atoms with Gasteiger partial charge in [-0.25, -0.2) is 0 Å². The van der Waals surface area contributed by atoms with Gasteiger partial charge in [0.25, 0.3) is 0 Å². The van der Waals surface area contributed by atoms with Crippen molar-refractivity contribution in [3.05, 3.63) is 11.1 Å². The lowest BCUT2D eigenvalue weighted by atomic mass is 9.89. The molecule has 0 spiro atoms. The Balaban J connectivity index is 7.72. The Morgan fingerprint density at radius 3 is 0.767 bits per heavy atom. The fourth-order valence-corrected chi connectivity index (χ4v) is 1.63. The van der Waals surface area contributed by atoms with Crippen molar-refractivity contribution in [1.29, 1.82) is 0 Å². The number of rotatable bonds is 4. The quantitative estimate of drug-likeness (QED) is 0.286. The van der Waals surface area contributed by atoms with Crippen LogP contribution in [0, 0.1) is 0 Å². The molecule has 0 aliphatic carbocycles. The van der Waals surface area contributed by atoms with Gasteiger partial charge in [0.05, 0.1) is 0 Å². The fourth-order valence-electron chi connectivity index (χ4n) is 1.63. The van der Waals surface area contributed by atoms with Gasteiger partial charge >= 0.3 is 48.4 Å². The molecule has 0 heterocycles. The van der Waals surface area contributed by atoms with E-state index in [4.69, 9.17) is 0 Å². The topological polar surface area (TPSA) is 0 Å². The van der Waals surface area contributed by atoms with E-state index in [2.05, 4.69) is 0 Å². The van der Waals surface area contributed by atoms with Gasteiger partial charge in [-0.15, -0.1) is 0 Å². The molecule has 0 fully saturated rings. The van der Waals surface area contributed by atoms with Gasteiger partial charge in [-0.2, -0.15) is 87.8 Å². The van der Waals surface area contributed by atoms with Crippen molar-refractivity contribution >= 4 is 0 Å². The molecule has 0 amide bonds. The second kappa shape index (κ2) is 6.92. The largest absolute Gasteiger partial charge is 0.460 e. The first-order valence-electron chi connectivity index (χ1n) is 6.03. The Hall–Kier alpha value is -1.66. The maximum atomic E-state index is 13.4. The second-order valence-corrected chi connectivity index (χ2v) is 5.04. The zero-order valence-electron chi connectivity index (χ0n) is 12.6. The van der Waals surface area contributed by atoms with E-state index >= 15 is 0 Å². The zero-order chi connectivity index (χ0) is 25.2. The first-order valence-corrected chi connectivity index (χ1v) is 6.03. The normalized spacial score (nSPS) is 17.2. The molecular formula is C10F20. The summed E-state index contributed by atoms with van der Waals surface area (Å²) in [7, 11) is 0. The van der Waals surface area contributed by atoms with E-state index in [1.54, 1.807) is 0 Å². The molecule has 0 saturated heterocycles. The minimum Gasteiger partial charge on any atom is -0.194 e. The van der Waals surface area contributed by atoms with Crippen molar-refractivity contribution in [2.24, 2.45) is 0 Å². The standard InChI is InChI=1S/C10F20/c11-3(12,7(21,22)8(23,24)10(28,29)30)1(5(15,16)17)2(6(18,19)20)4(13,14)9(25,26)27. The summed E-state index contributed by atoms with van der Waals surface area (Å²) in [4.78, 5) is 0. The fraction of sp³-hybridized carbons (Fsp3) is 0.800. The van der Waals surface area contributed by atoms with Crippen LogP contribution >= 0.6 is 0 Å². The van der Waals surface area contributed by atoms with E-state index in [0.29, 0.717) is 0 Å². The molecule has 0 atom stereocenters. The molecular weight excluding hydrogens is 500 g/mol. The molecule has 0 aromatic carbocycles. The van der Waals surface area contributed by atoms with Gasteiger partial charge in [-0.05, 0) is 0 Å². The molecule has 0 aromatic heterocycles. The zero-order valence-corrected chi connectivity index (χ0v) is 12.6. The molecule has 0 radical (unpaired) electrons. The van der Waals surface area contributed by atoms with E-state index in [9.17, 15) is 87.8 Å². The number of hydrogen-bond donors (Lipinski definition) is 0. The van der Waals surface area contributed by atoms with Crippen LogP contribution in [0.25, 0.3) is 0 Å². The van der Waals surface area contributed by atoms with Crippen molar-refractivity contribution in [1.82, 2.24) is 0 Å². The molecule has 0 saturated carbocycles. The van der Waals surface area contributed by atoms with Crippen LogP contribution in [0.3, 0.4) is 0 Å². The lowest BCUT2D eigenvalue weighted by molar-refractivity contribution is -0.394. The molecule has 0 aromatic rings. The smallest absolute Gasteiger partial charge is 0.194 e. The Morgan fingerprint density at radius 1 is 0.300 bits per heavy atom. The molecule has 0 nitrogen and oxygen atoms in total. The Morgan fingerprint density at radius 2 is 0.567 bits per heavy atom. The van der Waals surface area contributed by atoms with Crippen LogP contribution in [-0.4, -0.2) is 48.4 Å². The van der Waals surface area contributed by atoms with Crippen LogP contribution in [0.2, 0.25) is 0 Å². The van der Waals surface area contributed by atoms with Crippen molar-refractivity contribution < 1.29 is 87.8 Å². The monoisotopic (exact) mass is 500 g/mol. The summed E-state index contributed by atoms with van der Waals surface area (Å²) in [5.41, 5.74) is -11.9. The summed E-state index contributed by atoms with van der Waals surface area (Å²) in [6.45, 7) is 0. The van der Waals surface area contributed by atoms with Gasteiger partial charge in [0.1, 0.15) is 11.1 Å². The second-order valence-electron chi connectivity index (χ2n) is 5.04. The van der Waals surface area contributed by atoms with Crippen LogP contribution in [0.5, 0.6) is 0 Å². The van der Waals surface area contributed by atoms with Crippen molar-refractivity contribution in [2.75, 3.05) is 0 Å². The van der Waals surface area contributed by atoms with Crippen LogP contribution in [0.15, 0.2) is 11.1 Å². The molecule has 0 bridgehead atoms.